The fourth-order valence-corrected chi connectivity index (χ4v) is 2.09. The summed E-state index contributed by atoms with van der Waals surface area (Å²) in [5.41, 5.74) is 6.21. The summed E-state index contributed by atoms with van der Waals surface area (Å²) >= 11 is 0. The van der Waals surface area contributed by atoms with Crippen LogP contribution >= 0.6 is 0 Å². The molecular weight excluding hydrogens is 312 g/mol. The SMILES string of the molecule is N#CC(=Cc1cccc([N+](=O)[O-])c1)c1nn(CCO)c(N)c1C#N. The van der Waals surface area contributed by atoms with E-state index < -0.39 is 4.92 Å². The minimum absolute atomic E-state index is 0.0154. The Morgan fingerprint density at radius 2 is 2.25 bits per heavy atom. The van der Waals surface area contributed by atoms with Crippen LogP contribution < -0.4 is 5.73 Å². The van der Waals surface area contributed by atoms with Crippen LogP contribution in [0.4, 0.5) is 11.5 Å². The number of nitrogen functional groups attached to an aromatic ring is 1. The number of aliphatic hydroxyl groups is 1. The number of hydrogen-bond donors (Lipinski definition) is 2. The highest BCUT2D eigenvalue weighted by Gasteiger charge is 2.19. The molecule has 0 unspecified atom stereocenters. The van der Waals surface area contributed by atoms with Crippen LogP contribution in [0.25, 0.3) is 11.6 Å². The Morgan fingerprint density at radius 3 is 2.83 bits per heavy atom. The average molecular weight is 324 g/mol. The van der Waals surface area contributed by atoms with Crippen LogP contribution in [-0.2, 0) is 6.54 Å². The number of aromatic nitrogens is 2. The van der Waals surface area contributed by atoms with Crippen molar-refractivity contribution in [1.82, 2.24) is 9.78 Å². The van der Waals surface area contributed by atoms with E-state index in [2.05, 4.69) is 5.10 Å². The zero-order valence-electron chi connectivity index (χ0n) is 12.4. The molecule has 3 N–H and O–H groups in total. The first-order chi connectivity index (χ1) is 11.5. The lowest BCUT2D eigenvalue weighted by molar-refractivity contribution is -0.384. The van der Waals surface area contributed by atoms with E-state index in [1.54, 1.807) is 6.07 Å². The lowest BCUT2D eigenvalue weighted by Gasteiger charge is -1.99. The van der Waals surface area contributed by atoms with Crippen LogP contribution in [0.15, 0.2) is 24.3 Å². The number of rotatable bonds is 5. The molecule has 0 fully saturated rings. The summed E-state index contributed by atoms with van der Waals surface area (Å²) < 4.78 is 1.23. The van der Waals surface area contributed by atoms with Crippen LogP contribution in [0.2, 0.25) is 0 Å². The molecule has 2 rings (SSSR count). The predicted molar refractivity (Wildman–Crippen MR) is 85.0 cm³/mol. The van der Waals surface area contributed by atoms with Crippen molar-refractivity contribution < 1.29 is 10.0 Å². The molecule has 0 amide bonds. The van der Waals surface area contributed by atoms with Gasteiger partial charge in [0.05, 0.1) is 23.6 Å². The molecule has 1 heterocycles. The lowest BCUT2D eigenvalue weighted by atomic mass is 10.1. The Bertz CT molecular complexity index is 901. The van der Waals surface area contributed by atoms with Gasteiger partial charge in [-0.1, -0.05) is 12.1 Å². The zero-order chi connectivity index (χ0) is 17.7. The van der Waals surface area contributed by atoms with Crippen molar-refractivity contribution in [2.75, 3.05) is 12.3 Å². The summed E-state index contributed by atoms with van der Waals surface area (Å²) in [5, 5.41) is 42.5. The second kappa shape index (κ2) is 7.05. The molecular formula is C15H12N6O3. The monoisotopic (exact) mass is 324 g/mol. The highest BCUT2D eigenvalue weighted by molar-refractivity contribution is 5.91. The van der Waals surface area contributed by atoms with Gasteiger partial charge in [-0.15, -0.1) is 0 Å². The number of benzene rings is 1. The maximum absolute atomic E-state index is 10.8. The highest BCUT2D eigenvalue weighted by Crippen LogP contribution is 2.25. The molecule has 2 aromatic rings. The third-order valence-corrected chi connectivity index (χ3v) is 3.18. The number of nitro benzene ring substituents is 1. The summed E-state index contributed by atoms with van der Waals surface area (Å²) in [5.74, 6) is 0.0433. The maximum atomic E-state index is 10.8. The normalized spacial score (nSPS) is 10.9. The largest absolute Gasteiger partial charge is 0.394 e. The molecule has 9 nitrogen and oxygen atoms in total. The molecule has 0 saturated heterocycles. The van der Waals surface area contributed by atoms with Crippen LogP contribution in [0.1, 0.15) is 16.8 Å². The number of nitrogens with two attached hydrogens (primary N) is 1. The number of nitriles is 2. The van der Waals surface area contributed by atoms with Gasteiger partial charge in [-0.25, -0.2) is 4.68 Å². The predicted octanol–water partition coefficient (Wildman–Crippen LogP) is 1.30. The van der Waals surface area contributed by atoms with Crippen molar-refractivity contribution in [3.63, 3.8) is 0 Å². The molecule has 0 radical (unpaired) electrons. The third kappa shape index (κ3) is 3.21. The van der Waals surface area contributed by atoms with Crippen molar-refractivity contribution in [2.45, 2.75) is 6.54 Å². The lowest BCUT2D eigenvalue weighted by Crippen LogP contribution is -2.07. The molecule has 1 aromatic heterocycles. The van der Waals surface area contributed by atoms with Crippen molar-refractivity contribution in [2.24, 2.45) is 0 Å². The minimum Gasteiger partial charge on any atom is -0.394 e. The number of nitro groups is 1. The Labute approximate surface area is 136 Å². The van der Waals surface area contributed by atoms with Gasteiger partial charge in [0, 0.05) is 12.1 Å². The Balaban J connectivity index is 2.55. The van der Waals surface area contributed by atoms with Gasteiger partial charge >= 0.3 is 0 Å². The van der Waals surface area contributed by atoms with Gasteiger partial charge in [0.1, 0.15) is 29.2 Å². The number of hydrogen-bond acceptors (Lipinski definition) is 7. The van der Waals surface area contributed by atoms with E-state index in [0.717, 1.165) is 0 Å². The van der Waals surface area contributed by atoms with Crippen molar-refractivity contribution in [3.8, 4) is 12.1 Å². The second-order valence-corrected chi connectivity index (χ2v) is 4.69. The van der Waals surface area contributed by atoms with Gasteiger partial charge in [-0.2, -0.15) is 15.6 Å². The van der Waals surface area contributed by atoms with E-state index in [1.807, 2.05) is 12.1 Å². The van der Waals surface area contributed by atoms with Crippen LogP contribution in [0.3, 0.4) is 0 Å². The first-order valence-corrected chi connectivity index (χ1v) is 6.75. The molecule has 0 aliphatic rings. The molecule has 0 atom stereocenters. The van der Waals surface area contributed by atoms with Gasteiger partial charge in [0.25, 0.3) is 5.69 Å². The second-order valence-electron chi connectivity index (χ2n) is 4.69. The first-order valence-electron chi connectivity index (χ1n) is 6.75. The van der Waals surface area contributed by atoms with E-state index in [-0.39, 0.29) is 41.5 Å². The standard InChI is InChI=1S/C15H12N6O3/c16-8-11(6-10-2-1-3-12(7-10)21(23)24)14-13(9-17)15(18)20(19-14)4-5-22/h1-3,6-7,22H,4-5,18H2. The molecule has 0 spiro atoms. The molecule has 24 heavy (non-hydrogen) atoms. The zero-order valence-corrected chi connectivity index (χ0v) is 12.4. The summed E-state index contributed by atoms with van der Waals surface area (Å²) in [6, 6.07) is 9.51. The van der Waals surface area contributed by atoms with Crippen molar-refractivity contribution in [1.29, 1.82) is 10.5 Å². The Morgan fingerprint density at radius 1 is 1.50 bits per heavy atom. The van der Waals surface area contributed by atoms with Crippen molar-refractivity contribution >= 4 is 23.2 Å². The van der Waals surface area contributed by atoms with E-state index in [0.29, 0.717) is 5.56 Å². The molecule has 0 aliphatic heterocycles. The summed E-state index contributed by atoms with van der Waals surface area (Å²) in [6.45, 7) is -0.150. The quantitative estimate of drug-likeness (QED) is 0.477. The Kier molecular flexibility index (Phi) is 4.90. The number of aliphatic hydroxyl groups excluding tert-OH is 1. The van der Waals surface area contributed by atoms with Gasteiger partial charge in [0.15, 0.2) is 0 Å². The topological polar surface area (TPSA) is 155 Å². The highest BCUT2D eigenvalue weighted by atomic mass is 16.6. The van der Waals surface area contributed by atoms with Crippen LogP contribution in [-0.4, -0.2) is 26.4 Å². The third-order valence-electron chi connectivity index (χ3n) is 3.18. The Hall–Kier alpha value is -3.69. The number of nitrogens with zero attached hydrogens (tertiary/aromatic N) is 5. The number of non-ortho nitro benzene ring substituents is 1. The van der Waals surface area contributed by atoms with Gasteiger partial charge in [-0.05, 0) is 11.6 Å². The van der Waals surface area contributed by atoms with Gasteiger partial charge in [0.2, 0.25) is 0 Å². The van der Waals surface area contributed by atoms with Gasteiger partial charge < -0.3 is 10.8 Å². The van der Waals surface area contributed by atoms with E-state index in [9.17, 15) is 20.6 Å². The fourth-order valence-electron chi connectivity index (χ4n) is 2.09. The van der Waals surface area contributed by atoms with Crippen LogP contribution in [0.5, 0.6) is 0 Å². The number of anilines is 1. The smallest absolute Gasteiger partial charge is 0.270 e. The number of allylic oxidation sites excluding steroid dienone is 1. The van der Waals surface area contributed by atoms with E-state index >= 15 is 0 Å². The molecule has 120 valence electrons. The summed E-state index contributed by atoms with van der Waals surface area (Å²) in [7, 11) is 0. The molecule has 0 aliphatic carbocycles. The fraction of sp³-hybridized carbons (Fsp3) is 0.133. The maximum Gasteiger partial charge on any atom is 0.270 e. The van der Waals surface area contributed by atoms with Crippen molar-refractivity contribution in [3.05, 3.63) is 51.2 Å². The van der Waals surface area contributed by atoms with E-state index in [1.165, 1.54) is 29.0 Å². The molecule has 1 aromatic carbocycles. The van der Waals surface area contributed by atoms with Crippen LogP contribution in [0, 0.1) is 32.8 Å². The summed E-state index contributed by atoms with van der Waals surface area (Å²) in [6.07, 6.45) is 1.39. The first kappa shape index (κ1) is 16.7. The average Bonchev–Trinajstić information content (AvgIpc) is 2.89. The molecule has 0 saturated carbocycles. The van der Waals surface area contributed by atoms with E-state index in [4.69, 9.17) is 10.8 Å². The van der Waals surface area contributed by atoms with Gasteiger partial charge in [-0.3, -0.25) is 10.1 Å². The molecule has 9 heteroatoms. The molecule has 0 bridgehead atoms. The minimum atomic E-state index is -0.544. The summed E-state index contributed by atoms with van der Waals surface area (Å²) in [4.78, 5) is 10.3.